The van der Waals surface area contributed by atoms with E-state index >= 15 is 0 Å². The molecule has 0 unspecified atom stereocenters. The Bertz CT molecular complexity index is 319. The van der Waals surface area contributed by atoms with Crippen LogP contribution in [0.3, 0.4) is 0 Å². The van der Waals surface area contributed by atoms with Crippen molar-refractivity contribution in [1.29, 1.82) is 0 Å². The summed E-state index contributed by atoms with van der Waals surface area (Å²) in [5, 5.41) is 0. The summed E-state index contributed by atoms with van der Waals surface area (Å²) < 4.78 is 0. The molecule has 0 bridgehead atoms. The summed E-state index contributed by atoms with van der Waals surface area (Å²) in [5.74, 6) is 0. The molecule has 1 heterocycles. The van der Waals surface area contributed by atoms with Crippen molar-refractivity contribution in [2.75, 3.05) is 13.1 Å². The van der Waals surface area contributed by atoms with Crippen LogP contribution in [0.4, 0.5) is 0 Å². The lowest BCUT2D eigenvalue weighted by Crippen LogP contribution is -2.40. The third kappa shape index (κ3) is 2.77. The summed E-state index contributed by atoms with van der Waals surface area (Å²) in [5.41, 5.74) is 2.85. The van der Waals surface area contributed by atoms with Crippen LogP contribution in [0.5, 0.6) is 0 Å². The molecule has 1 saturated carbocycles. The van der Waals surface area contributed by atoms with Crippen LogP contribution in [0.15, 0.2) is 24.3 Å². The van der Waals surface area contributed by atoms with Gasteiger partial charge in [0.25, 0.3) is 0 Å². The predicted octanol–water partition coefficient (Wildman–Crippen LogP) is 4.47. The average molecular weight is 243 g/mol. The number of piperidine rings is 1. The van der Waals surface area contributed by atoms with Gasteiger partial charge in [-0.05, 0) is 49.9 Å². The average Bonchev–Trinajstić information content (AvgIpc) is 2.45. The quantitative estimate of drug-likeness (QED) is 0.714. The Morgan fingerprint density at radius 2 is 1.17 bits per heavy atom. The van der Waals surface area contributed by atoms with Crippen LogP contribution in [-0.2, 0) is 0 Å². The normalized spacial score (nSPS) is 23.1. The number of rotatable bonds is 1. The number of nitrogens with zero attached hydrogens (tertiary/aromatic N) is 1. The molecule has 0 atom stereocenters. The molecule has 98 valence electrons. The zero-order valence-electron chi connectivity index (χ0n) is 11.4. The third-order valence-electron chi connectivity index (χ3n) is 4.70. The zero-order chi connectivity index (χ0) is 12.2. The van der Waals surface area contributed by atoms with Crippen LogP contribution in [0, 0.1) is 0 Å². The lowest BCUT2D eigenvalue weighted by molar-refractivity contribution is 0.131. The van der Waals surface area contributed by atoms with Crippen LogP contribution < -0.4 is 0 Å². The van der Waals surface area contributed by atoms with Crippen LogP contribution in [0.2, 0.25) is 0 Å². The first-order valence-electron chi connectivity index (χ1n) is 7.78. The minimum Gasteiger partial charge on any atom is -0.300 e. The predicted molar refractivity (Wildman–Crippen MR) is 77.7 cm³/mol. The highest BCUT2D eigenvalue weighted by atomic mass is 15.2. The molecule has 2 fully saturated rings. The van der Waals surface area contributed by atoms with Gasteiger partial charge in [0.2, 0.25) is 0 Å². The van der Waals surface area contributed by atoms with E-state index in [2.05, 4.69) is 29.2 Å². The lowest BCUT2D eigenvalue weighted by Gasteiger charge is -2.36. The van der Waals surface area contributed by atoms with Gasteiger partial charge in [0.05, 0.1) is 0 Å². The molecule has 3 aliphatic carbocycles. The Labute approximate surface area is 111 Å². The molecular weight excluding hydrogens is 218 g/mol. The second-order valence-electron chi connectivity index (χ2n) is 5.97. The van der Waals surface area contributed by atoms with Crippen LogP contribution in [0.1, 0.15) is 51.4 Å². The van der Waals surface area contributed by atoms with Gasteiger partial charge in [0.15, 0.2) is 0 Å². The summed E-state index contributed by atoms with van der Waals surface area (Å²) in [4.78, 5) is 2.75. The zero-order valence-corrected chi connectivity index (χ0v) is 11.4. The maximum absolute atomic E-state index is 2.75. The van der Waals surface area contributed by atoms with E-state index in [1.165, 1.54) is 75.6 Å². The van der Waals surface area contributed by atoms with Gasteiger partial charge in [-0.15, -0.1) is 0 Å². The molecule has 0 aromatic carbocycles. The van der Waals surface area contributed by atoms with Crippen molar-refractivity contribution < 1.29 is 0 Å². The van der Waals surface area contributed by atoms with Gasteiger partial charge in [0.1, 0.15) is 0 Å². The molecule has 4 aliphatic rings. The largest absolute Gasteiger partial charge is 0.300 e. The number of likely N-dealkylation sites (tertiary alicyclic amines) is 1. The molecule has 0 aromatic rings. The van der Waals surface area contributed by atoms with E-state index < -0.39 is 0 Å². The van der Waals surface area contributed by atoms with E-state index in [4.69, 9.17) is 0 Å². The molecule has 0 amide bonds. The Balaban J connectivity index is 0.000000137. The van der Waals surface area contributed by atoms with Gasteiger partial charge >= 0.3 is 0 Å². The molecule has 18 heavy (non-hydrogen) atoms. The molecular formula is C17H25N. The maximum Gasteiger partial charge on any atom is 0.00952 e. The molecule has 0 aromatic heterocycles. The minimum absolute atomic E-state index is 0.971. The number of benzene rings is 1. The lowest BCUT2D eigenvalue weighted by atomic mass is 9.93. The summed E-state index contributed by atoms with van der Waals surface area (Å²) in [6.07, 6.45) is 11.8. The smallest absolute Gasteiger partial charge is 0.00952 e. The minimum atomic E-state index is 0.971. The number of hydrogen-bond donors (Lipinski definition) is 0. The van der Waals surface area contributed by atoms with Gasteiger partial charge in [-0.3, -0.25) is 0 Å². The Kier molecular flexibility index (Phi) is 3.99. The van der Waals surface area contributed by atoms with Crippen molar-refractivity contribution in [3.63, 3.8) is 0 Å². The van der Waals surface area contributed by atoms with Crippen LogP contribution in [0.25, 0.3) is 11.1 Å². The Hall–Kier alpha value is -0.820. The van der Waals surface area contributed by atoms with Crippen molar-refractivity contribution in [2.45, 2.75) is 57.4 Å². The summed E-state index contributed by atoms with van der Waals surface area (Å²) >= 11 is 0. The van der Waals surface area contributed by atoms with Crippen molar-refractivity contribution in [2.24, 2.45) is 0 Å². The Morgan fingerprint density at radius 1 is 0.667 bits per heavy atom. The topological polar surface area (TPSA) is 3.24 Å². The fraction of sp³-hybridized carbons (Fsp3) is 0.647. The Morgan fingerprint density at radius 3 is 1.61 bits per heavy atom. The van der Waals surface area contributed by atoms with E-state index in [1.807, 2.05) is 0 Å². The van der Waals surface area contributed by atoms with Gasteiger partial charge in [-0.25, -0.2) is 0 Å². The molecule has 0 radical (unpaired) electrons. The second-order valence-corrected chi connectivity index (χ2v) is 5.97. The summed E-state index contributed by atoms with van der Waals surface area (Å²) in [6, 6.07) is 9.45. The van der Waals surface area contributed by atoms with Gasteiger partial charge < -0.3 is 4.90 Å². The molecule has 1 saturated heterocycles. The maximum atomic E-state index is 2.75. The van der Waals surface area contributed by atoms with E-state index in [1.54, 1.807) is 0 Å². The highest BCUT2D eigenvalue weighted by Crippen LogP contribution is 2.29. The highest BCUT2D eigenvalue weighted by Gasteiger charge is 2.21. The summed E-state index contributed by atoms with van der Waals surface area (Å²) in [6.45, 7) is 2.79. The second kappa shape index (κ2) is 5.88. The van der Waals surface area contributed by atoms with Gasteiger partial charge in [-0.2, -0.15) is 0 Å². The monoisotopic (exact) mass is 243 g/mol. The molecule has 0 N–H and O–H groups in total. The van der Waals surface area contributed by atoms with Crippen molar-refractivity contribution in [3.8, 4) is 11.1 Å². The van der Waals surface area contributed by atoms with Gasteiger partial charge in [0, 0.05) is 6.04 Å². The fourth-order valence-corrected chi connectivity index (χ4v) is 3.39. The van der Waals surface area contributed by atoms with Crippen molar-refractivity contribution in [3.05, 3.63) is 24.3 Å². The van der Waals surface area contributed by atoms with E-state index in [9.17, 15) is 0 Å². The summed E-state index contributed by atoms with van der Waals surface area (Å²) in [7, 11) is 0. The molecule has 1 nitrogen and oxygen atoms in total. The van der Waals surface area contributed by atoms with E-state index in [-0.39, 0.29) is 0 Å². The van der Waals surface area contributed by atoms with Crippen LogP contribution in [-0.4, -0.2) is 24.0 Å². The molecule has 4 rings (SSSR count). The molecule has 1 aliphatic heterocycles. The molecule has 1 heteroatoms. The van der Waals surface area contributed by atoms with Crippen molar-refractivity contribution in [1.82, 2.24) is 4.90 Å². The van der Waals surface area contributed by atoms with Crippen LogP contribution >= 0.6 is 0 Å². The number of fused-ring (bicyclic) bond motifs is 1. The first-order chi connectivity index (χ1) is 8.93. The van der Waals surface area contributed by atoms with Gasteiger partial charge in [-0.1, -0.05) is 49.9 Å². The van der Waals surface area contributed by atoms with E-state index in [0.29, 0.717) is 0 Å². The van der Waals surface area contributed by atoms with Crippen molar-refractivity contribution >= 4 is 0 Å². The highest BCUT2D eigenvalue weighted by molar-refractivity contribution is 5.75. The standard InChI is InChI=1S/C11H21N.C6H4/c1-3-7-11(8-4-1)12-9-5-2-6-10-12;1-2-6-4-3-5(1)6/h11H,1-10H2;1-4H. The number of hydrogen-bond acceptors (Lipinski definition) is 1. The third-order valence-corrected chi connectivity index (χ3v) is 4.70. The first-order valence-corrected chi connectivity index (χ1v) is 7.78. The van der Waals surface area contributed by atoms with E-state index in [0.717, 1.165) is 6.04 Å². The first kappa shape index (κ1) is 12.2. The fourth-order valence-electron chi connectivity index (χ4n) is 3.39. The SMILES string of the molecule is C1CCC(N2CCCCC2)CC1.c1cc2ccc1-2. The molecule has 0 spiro atoms.